The number of hydrogen-bond acceptors (Lipinski definition) is 6. The van der Waals surface area contributed by atoms with Crippen LogP contribution in [0, 0.1) is 16.0 Å². The largest absolute Gasteiger partial charge is 0.494 e. The fourth-order valence-corrected chi connectivity index (χ4v) is 4.19. The molecule has 0 spiro atoms. The van der Waals surface area contributed by atoms with E-state index >= 15 is 0 Å². The fourth-order valence-electron chi connectivity index (χ4n) is 4.19. The highest BCUT2D eigenvalue weighted by molar-refractivity contribution is 5.89. The number of methoxy groups -OCH3 is 2. The number of carbonyl (C=O) groups excluding carboxylic acids is 1. The molecule has 4 rings (SSSR count). The Morgan fingerprint density at radius 1 is 1.21 bits per heavy atom. The third kappa shape index (κ3) is 2.89. The highest BCUT2D eigenvalue weighted by Crippen LogP contribution is 2.53. The first kappa shape index (κ1) is 18.0. The van der Waals surface area contributed by atoms with E-state index in [0.717, 1.165) is 23.2 Å². The van der Waals surface area contributed by atoms with Gasteiger partial charge in [0.2, 0.25) is 0 Å². The van der Waals surface area contributed by atoms with Crippen LogP contribution in [0.1, 0.15) is 39.9 Å². The molecular weight excluding hydrogens is 360 g/mol. The number of allylic oxidation sites excluding steroid dienone is 2. The Hall–Kier alpha value is -3.35. The van der Waals surface area contributed by atoms with E-state index in [1.165, 1.54) is 20.3 Å². The van der Waals surface area contributed by atoms with Gasteiger partial charge in [0.1, 0.15) is 5.75 Å². The summed E-state index contributed by atoms with van der Waals surface area (Å²) in [7, 11) is 2.87. The second kappa shape index (κ2) is 6.99. The summed E-state index contributed by atoms with van der Waals surface area (Å²) in [4.78, 5) is 22.6. The lowest BCUT2D eigenvalue weighted by Crippen LogP contribution is -2.29. The Kier molecular flexibility index (Phi) is 4.50. The molecule has 0 radical (unpaired) electrons. The number of non-ortho nitro benzene ring substituents is 1. The predicted octanol–water partition coefficient (Wildman–Crippen LogP) is 4.22. The maximum Gasteiger partial charge on any atom is 0.337 e. The van der Waals surface area contributed by atoms with Crippen molar-refractivity contribution in [2.75, 3.05) is 19.5 Å². The van der Waals surface area contributed by atoms with Gasteiger partial charge in [-0.2, -0.15) is 0 Å². The lowest BCUT2D eigenvalue weighted by molar-refractivity contribution is -0.385. The average Bonchev–Trinajstić information content (AvgIpc) is 3.22. The molecule has 1 aliphatic heterocycles. The number of nitro groups is 1. The summed E-state index contributed by atoms with van der Waals surface area (Å²) in [6.07, 6.45) is 5.10. The normalized spacial score (nSPS) is 22.0. The minimum Gasteiger partial charge on any atom is -0.494 e. The van der Waals surface area contributed by atoms with Crippen molar-refractivity contribution in [3.8, 4) is 5.75 Å². The summed E-state index contributed by atoms with van der Waals surface area (Å²) < 4.78 is 10.2. The molecule has 1 heterocycles. The van der Waals surface area contributed by atoms with Gasteiger partial charge >= 0.3 is 5.97 Å². The number of nitrogens with one attached hydrogen (secondary N) is 1. The van der Waals surface area contributed by atoms with Gasteiger partial charge in [0.15, 0.2) is 0 Å². The van der Waals surface area contributed by atoms with Crippen LogP contribution < -0.4 is 10.1 Å². The van der Waals surface area contributed by atoms with Crippen LogP contribution >= 0.6 is 0 Å². The molecule has 7 nitrogen and oxygen atoms in total. The lowest BCUT2D eigenvalue weighted by Gasteiger charge is -2.38. The Labute approximate surface area is 162 Å². The van der Waals surface area contributed by atoms with Crippen LogP contribution in [-0.4, -0.2) is 25.1 Å². The molecule has 144 valence electrons. The molecule has 0 saturated heterocycles. The highest BCUT2D eigenvalue weighted by Gasteiger charge is 2.40. The molecular formula is C21H20N2O5. The van der Waals surface area contributed by atoms with Gasteiger partial charge in [-0.15, -0.1) is 0 Å². The second-order valence-corrected chi connectivity index (χ2v) is 6.96. The Balaban J connectivity index is 1.76. The first-order chi connectivity index (χ1) is 13.5. The molecule has 28 heavy (non-hydrogen) atoms. The maximum atomic E-state index is 11.7. The summed E-state index contributed by atoms with van der Waals surface area (Å²) in [6.45, 7) is 0. The van der Waals surface area contributed by atoms with Crippen molar-refractivity contribution < 1.29 is 19.2 Å². The van der Waals surface area contributed by atoms with E-state index in [9.17, 15) is 14.9 Å². The van der Waals surface area contributed by atoms with E-state index < -0.39 is 4.92 Å². The monoisotopic (exact) mass is 380 g/mol. The molecule has 2 aromatic rings. The minimum absolute atomic E-state index is 0.00504. The molecule has 1 N–H and O–H groups in total. The topological polar surface area (TPSA) is 90.7 Å². The molecule has 3 atom stereocenters. The quantitative estimate of drug-likeness (QED) is 0.370. The molecule has 0 bridgehead atoms. The van der Waals surface area contributed by atoms with Gasteiger partial charge in [0.05, 0.1) is 42.5 Å². The van der Waals surface area contributed by atoms with Crippen LogP contribution in [0.5, 0.6) is 5.75 Å². The molecule has 0 aromatic heterocycles. The zero-order valence-corrected chi connectivity index (χ0v) is 15.5. The predicted molar refractivity (Wildman–Crippen MR) is 104 cm³/mol. The van der Waals surface area contributed by atoms with Gasteiger partial charge in [-0.05, 0) is 35.6 Å². The third-order valence-electron chi connectivity index (χ3n) is 5.54. The average molecular weight is 380 g/mol. The Morgan fingerprint density at radius 3 is 2.61 bits per heavy atom. The second-order valence-electron chi connectivity index (χ2n) is 6.96. The smallest absolute Gasteiger partial charge is 0.337 e. The lowest BCUT2D eigenvalue weighted by atomic mass is 9.76. The van der Waals surface area contributed by atoms with E-state index in [1.54, 1.807) is 18.2 Å². The molecule has 2 aliphatic rings. The summed E-state index contributed by atoms with van der Waals surface area (Å²) in [5.41, 5.74) is 3.22. The first-order valence-corrected chi connectivity index (χ1v) is 9.01. The molecule has 1 aliphatic carbocycles. The van der Waals surface area contributed by atoms with Crippen LogP contribution in [0.3, 0.4) is 0 Å². The summed E-state index contributed by atoms with van der Waals surface area (Å²) in [5.74, 6) is 0.375. The number of hydrogen-bond donors (Lipinski definition) is 1. The van der Waals surface area contributed by atoms with Crippen LogP contribution in [0.15, 0.2) is 48.6 Å². The van der Waals surface area contributed by atoms with E-state index in [2.05, 4.69) is 17.5 Å². The number of nitrogens with zero attached hydrogens (tertiary/aromatic N) is 1. The Bertz CT molecular complexity index is 968. The number of anilines is 1. The third-order valence-corrected chi connectivity index (χ3v) is 5.54. The molecule has 0 unspecified atom stereocenters. The van der Waals surface area contributed by atoms with Crippen LogP contribution in [-0.2, 0) is 4.74 Å². The van der Waals surface area contributed by atoms with Crippen molar-refractivity contribution in [2.45, 2.75) is 18.4 Å². The fraction of sp³-hybridized carbons (Fsp3) is 0.286. The number of esters is 1. The maximum absolute atomic E-state index is 11.7. The SMILES string of the molecule is COC(=O)c1ccc([C@H]2Nc3c(OC)cc([N+](=O)[O-])cc3[C@@H]3C=CC[C@@H]23)cc1. The zero-order chi connectivity index (χ0) is 19.8. The van der Waals surface area contributed by atoms with Gasteiger partial charge < -0.3 is 14.8 Å². The van der Waals surface area contributed by atoms with Crippen molar-refractivity contribution in [3.05, 3.63) is 75.4 Å². The minimum atomic E-state index is -0.395. The molecule has 0 saturated carbocycles. The first-order valence-electron chi connectivity index (χ1n) is 9.01. The molecule has 0 amide bonds. The van der Waals surface area contributed by atoms with Crippen molar-refractivity contribution >= 4 is 17.3 Å². The van der Waals surface area contributed by atoms with Gasteiger partial charge in [0.25, 0.3) is 5.69 Å². The standard InChI is InChI=1S/C21H20N2O5/c1-27-18-11-14(23(25)26)10-17-15-4-3-5-16(15)19(22-20(17)18)12-6-8-13(9-7-12)21(24)28-2/h3-4,6-11,15-16,19,22H,5H2,1-2H3/t15-,16-,19-/m1/s1. The van der Waals surface area contributed by atoms with E-state index in [-0.39, 0.29) is 29.5 Å². The number of nitro benzene ring substituents is 1. The number of ether oxygens (including phenoxy) is 2. The van der Waals surface area contributed by atoms with E-state index in [0.29, 0.717) is 11.3 Å². The van der Waals surface area contributed by atoms with Crippen LogP contribution in [0.4, 0.5) is 11.4 Å². The van der Waals surface area contributed by atoms with Gasteiger partial charge in [-0.25, -0.2) is 4.79 Å². The van der Waals surface area contributed by atoms with Gasteiger partial charge in [0, 0.05) is 12.0 Å². The van der Waals surface area contributed by atoms with Crippen molar-refractivity contribution in [3.63, 3.8) is 0 Å². The van der Waals surface area contributed by atoms with Crippen LogP contribution in [0.2, 0.25) is 0 Å². The molecule has 7 heteroatoms. The highest BCUT2D eigenvalue weighted by atomic mass is 16.6. The summed E-state index contributed by atoms with van der Waals surface area (Å²) in [6, 6.07) is 10.4. The number of rotatable bonds is 4. The Morgan fingerprint density at radius 2 is 1.96 bits per heavy atom. The van der Waals surface area contributed by atoms with Gasteiger partial charge in [-0.1, -0.05) is 24.3 Å². The zero-order valence-electron chi connectivity index (χ0n) is 15.5. The number of fused-ring (bicyclic) bond motifs is 3. The van der Waals surface area contributed by atoms with Crippen molar-refractivity contribution in [1.29, 1.82) is 0 Å². The number of benzene rings is 2. The molecule has 2 aromatic carbocycles. The van der Waals surface area contributed by atoms with E-state index in [4.69, 9.17) is 9.47 Å². The summed E-state index contributed by atoms with van der Waals surface area (Å²) in [5, 5.41) is 14.8. The van der Waals surface area contributed by atoms with Gasteiger partial charge in [-0.3, -0.25) is 10.1 Å². The van der Waals surface area contributed by atoms with E-state index in [1.807, 2.05) is 12.1 Å². The molecule has 0 fully saturated rings. The van der Waals surface area contributed by atoms with Crippen molar-refractivity contribution in [1.82, 2.24) is 0 Å². The summed E-state index contributed by atoms with van der Waals surface area (Å²) >= 11 is 0. The number of carbonyl (C=O) groups is 1. The van der Waals surface area contributed by atoms with Crippen LogP contribution in [0.25, 0.3) is 0 Å². The van der Waals surface area contributed by atoms with Crippen molar-refractivity contribution in [2.24, 2.45) is 5.92 Å².